The zero-order chi connectivity index (χ0) is 15.9. The van der Waals surface area contributed by atoms with Gasteiger partial charge in [-0.25, -0.2) is 8.78 Å². The number of halogens is 3. The molecule has 0 heterocycles. The highest BCUT2D eigenvalue weighted by Crippen LogP contribution is 2.21. The van der Waals surface area contributed by atoms with Gasteiger partial charge in [-0.05, 0) is 18.2 Å². The number of benzene rings is 2. The van der Waals surface area contributed by atoms with E-state index in [4.69, 9.17) is 11.6 Å². The molecule has 0 fully saturated rings. The van der Waals surface area contributed by atoms with Crippen LogP contribution in [0, 0.1) is 11.6 Å². The highest BCUT2D eigenvalue weighted by molar-refractivity contribution is 7.98. The van der Waals surface area contributed by atoms with Gasteiger partial charge < -0.3 is 5.32 Å². The average Bonchev–Trinajstić information content (AvgIpc) is 2.50. The monoisotopic (exact) mass is 341 g/mol. The molecule has 2 nitrogen and oxygen atoms in total. The van der Waals surface area contributed by atoms with Crippen molar-refractivity contribution in [3.63, 3.8) is 0 Å². The summed E-state index contributed by atoms with van der Waals surface area (Å²) in [5, 5.41) is 3.19. The van der Waals surface area contributed by atoms with E-state index in [2.05, 4.69) is 5.32 Å². The van der Waals surface area contributed by atoms with Crippen molar-refractivity contribution < 1.29 is 13.6 Å². The third-order valence-electron chi connectivity index (χ3n) is 2.91. The number of hydrogen-bond acceptors (Lipinski definition) is 2. The van der Waals surface area contributed by atoms with E-state index in [0.29, 0.717) is 27.8 Å². The van der Waals surface area contributed by atoms with Crippen LogP contribution in [-0.4, -0.2) is 11.7 Å². The van der Waals surface area contributed by atoms with Crippen LogP contribution in [-0.2, 0) is 10.5 Å². The lowest BCUT2D eigenvalue weighted by molar-refractivity contribution is -0.115. The maximum Gasteiger partial charge on any atom is 0.225 e. The lowest BCUT2D eigenvalue weighted by atomic mass is 10.2. The number of hydrogen-bond donors (Lipinski definition) is 1. The molecule has 22 heavy (non-hydrogen) atoms. The Bertz CT molecular complexity index is 666. The van der Waals surface area contributed by atoms with Crippen LogP contribution in [0.1, 0.15) is 12.0 Å². The predicted octanol–water partition coefficient (Wildman–Crippen LogP) is 4.88. The van der Waals surface area contributed by atoms with E-state index in [1.54, 1.807) is 24.3 Å². The second-order valence-corrected chi connectivity index (χ2v) is 6.06. The summed E-state index contributed by atoms with van der Waals surface area (Å²) in [6.45, 7) is 0. The fourth-order valence-corrected chi connectivity index (χ4v) is 2.88. The maximum absolute atomic E-state index is 13.4. The largest absolute Gasteiger partial charge is 0.325 e. The molecule has 0 aliphatic carbocycles. The Morgan fingerprint density at radius 3 is 2.68 bits per heavy atom. The number of carbonyl (C=O) groups is 1. The molecular formula is C16H14ClF2NOS. The number of para-hydroxylation sites is 1. The molecule has 2 aromatic carbocycles. The summed E-state index contributed by atoms with van der Waals surface area (Å²) in [7, 11) is 0. The van der Waals surface area contributed by atoms with Gasteiger partial charge in [-0.15, -0.1) is 0 Å². The van der Waals surface area contributed by atoms with Crippen molar-refractivity contribution in [2.45, 2.75) is 12.2 Å². The van der Waals surface area contributed by atoms with E-state index >= 15 is 0 Å². The quantitative estimate of drug-likeness (QED) is 0.759. The molecule has 0 unspecified atom stereocenters. The van der Waals surface area contributed by atoms with E-state index in [9.17, 15) is 13.6 Å². The molecule has 2 rings (SSSR count). The van der Waals surface area contributed by atoms with Crippen molar-refractivity contribution in [2.75, 3.05) is 11.1 Å². The highest BCUT2D eigenvalue weighted by atomic mass is 35.5. The van der Waals surface area contributed by atoms with Gasteiger partial charge in [0.25, 0.3) is 0 Å². The molecule has 116 valence electrons. The van der Waals surface area contributed by atoms with Crippen LogP contribution in [0.15, 0.2) is 42.5 Å². The second kappa shape index (κ2) is 8.15. The summed E-state index contributed by atoms with van der Waals surface area (Å²) in [6, 6.07) is 11.1. The van der Waals surface area contributed by atoms with Crippen molar-refractivity contribution in [1.29, 1.82) is 0 Å². The lowest BCUT2D eigenvalue weighted by Gasteiger charge is -2.07. The molecule has 0 bridgehead atoms. The summed E-state index contributed by atoms with van der Waals surface area (Å²) >= 11 is 7.32. The molecule has 0 aliphatic rings. The van der Waals surface area contributed by atoms with Crippen LogP contribution >= 0.6 is 23.4 Å². The summed E-state index contributed by atoms with van der Waals surface area (Å²) in [5.74, 6) is -1.01. The molecule has 6 heteroatoms. The fraction of sp³-hybridized carbons (Fsp3) is 0.188. The zero-order valence-electron chi connectivity index (χ0n) is 11.6. The van der Waals surface area contributed by atoms with Crippen LogP contribution in [0.3, 0.4) is 0 Å². The molecule has 0 aliphatic heterocycles. The summed E-state index contributed by atoms with van der Waals surface area (Å²) < 4.78 is 26.5. The van der Waals surface area contributed by atoms with Crippen molar-refractivity contribution >= 4 is 35.0 Å². The first kappa shape index (κ1) is 16.8. The van der Waals surface area contributed by atoms with Gasteiger partial charge in [0.15, 0.2) is 11.6 Å². The van der Waals surface area contributed by atoms with E-state index < -0.39 is 11.6 Å². The SMILES string of the molecule is O=C(CCSCc1cccc(F)c1F)Nc1ccccc1Cl. The summed E-state index contributed by atoms with van der Waals surface area (Å²) in [5.41, 5.74) is 0.867. The van der Waals surface area contributed by atoms with Gasteiger partial charge in [-0.2, -0.15) is 11.8 Å². The van der Waals surface area contributed by atoms with E-state index in [0.717, 1.165) is 6.07 Å². The number of nitrogens with one attached hydrogen (secondary N) is 1. The summed E-state index contributed by atoms with van der Waals surface area (Å²) in [6.07, 6.45) is 0.271. The van der Waals surface area contributed by atoms with Crippen LogP contribution in [0.4, 0.5) is 14.5 Å². The molecule has 0 atom stereocenters. The molecule has 1 amide bonds. The topological polar surface area (TPSA) is 29.1 Å². The van der Waals surface area contributed by atoms with Crippen LogP contribution in [0.25, 0.3) is 0 Å². The van der Waals surface area contributed by atoms with Crippen molar-refractivity contribution in [1.82, 2.24) is 0 Å². The van der Waals surface area contributed by atoms with E-state index in [-0.39, 0.29) is 12.3 Å². The Balaban J connectivity index is 1.76. The minimum absolute atomic E-state index is 0.166. The van der Waals surface area contributed by atoms with Gasteiger partial charge in [0.05, 0.1) is 10.7 Å². The van der Waals surface area contributed by atoms with Gasteiger partial charge in [0.1, 0.15) is 0 Å². The molecule has 2 aromatic rings. The Morgan fingerprint density at radius 2 is 1.91 bits per heavy atom. The Hall–Kier alpha value is -1.59. The number of amides is 1. The van der Waals surface area contributed by atoms with Gasteiger partial charge in [0.2, 0.25) is 5.91 Å². The molecule has 0 aromatic heterocycles. The predicted molar refractivity (Wildman–Crippen MR) is 87.2 cm³/mol. The zero-order valence-corrected chi connectivity index (χ0v) is 13.2. The fourth-order valence-electron chi connectivity index (χ4n) is 1.78. The Morgan fingerprint density at radius 1 is 1.14 bits per heavy atom. The minimum atomic E-state index is -0.852. The first-order chi connectivity index (χ1) is 10.6. The van der Waals surface area contributed by atoms with Crippen LogP contribution in [0.5, 0.6) is 0 Å². The van der Waals surface area contributed by atoms with Crippen LogP contribution in [0.2, 0.25) is 5.02 Å². The maximum atomic E-state index is 13.4. The Kier molecular flexibility index (Phi) is 6.21. The van der Waals surface area contributed by atoms with Crippen molar-refractivity contribution in [2.24, 2.45) is 0 Å². The van der Waals surface area contributed by atoms with Gasteiger partial charge in [-0.3, -0.25) is 4.79 Å². The molecule has 1 N–H and O–H groups in total. The average molecular weight is 342 g/mol. The van der Waals surface area contributed by atoms with E-state index in [1.807, 2.05) is 0 Å². The third kappa shape index (κ3) is 4.71. The third-order valence-corrected chi connectivity index (χ3v) is 4.25. The molecule has 0 saturated heterocycles. The van der Waals surface area contributed by atoms with Gasteiger partial charge in [0, 0.05) is 23.5 Å². The number of carbonyl (C=O) groups excluding carboxylic acids is 1. The lowest BCUT2D eigenvalue weighted by Crippen LogP contribution is -2.12. The number of rotatable bonds is 6. The second-order valence-electron chi connectivity index (χ2n) is 4.54. The molecule has 0 radical (unpaired) electrons. The standard InChI is InChI=1S/C16H14ClF2NOS/c17-12-5-1-2-7-14(12)20-15(21)8-9-22-10-11-4-3-6-13(18)16(11)19/h1-7H,8-10H2,(H,20,21). The van der Waals surface area contributed by atoms with Gasteiger partial charge >= 0.3 is 0 Å². The minimum Gasteiger partial charge on any atom is -0.325 e. The first-order valence-corrected chi connectivity index (χ1v) is 8.16. The van der Waals surface area contributed by atoms with Crippen LogP contribution < -0.4 is 5.32 Å². The summed E-state index contributed by atoms with van der Waals surface area (Å²) in [4.78, 5) is 11.8. The van der Waals surface area contributed by atoms with Crippen molar-refractivity contribution in [3.05, 3.63) is 64.7 Å². The normalized spacial score (nSPS) is 10.5. The number of anilines is 1. The molecular weight excluding hydrogens is 328 g/mol. The molecule has 0 spiro atoms. The first-order valence-electron chi connectivity index (χ1n) is 6.63. The molecule has 0 saturated carbocycles. The smallest absolute Gasteiger partial charge is 0.225 e. The highest BCUT2D eigenvalue weighted by Gasteiger charge is 2.08. The van der Waals surface area contributed by atoms with E-state index in [1.165, 1.54) is 23.9 Å². The number of thioether (sulfide) groups is 1. The van der Waals surface area contributed by atoms with Crippen molar-refractivity contribution in [3.8, 4) is 0 Å². The van der Waals surface area contributed by atoms with Gasteiger partial charge in [-0.1, -0.05) is 35.9 Å². The Labute approximate surface area is 136 Å².